The number of thiocarbonyl (C=S) groups is 1. The van der Waals surface area contributed by atoms with E-state index in [0.29, 0.717) is 21.3 Å². The average molecular weight is 557 g/mol. The SMILES string of the molecule is CCOc1cc(/C=C2/SC(=S)N(Cc3ccccc3)C2=O)ccc1OS(=O)(=O)c1ccccc1[N+](=O)[O-]. The van der Waals surface area contributed by atoms with Gasteiger partial charge in [0.2, 0.25) is 0 Å². The fourth-order valence-corrected chi connectivity index (χ4v) is 5.85. The van der Waals surface area contributed by atoms with E-state index >= 15 is 0 Å². The zero-order valence-electron chi connectivity index (χ0n) is 19.4. The molecule has 190 valence electrons. The average Bonchev–Trinajstić information content (AvgIpc) is 3.13. The topological polar surface area (TPSA) is 116 Å². The Kier molecular flexibility index (Phi) is 7.91. The minimum atomic E-state index is -4.54. The lowest BCUT2D eigenvalue weighted by molar-refractivity contribution is -0.387. The van der Waals surface area contributed by atoms with Crippen LogP contribution in [0.25, 0.3) is 6.08 Å². The van der Waals surface area contributed by atoms with Gasteiger partial charge in [-0.15, -0.1) is 0 Å². The second kappa shape index (κ2) is 11.1. The second-order valence-electron chi connectivity index (χ2n) is 7.65. The van der Waals surface area contributed by atoms with Crippen molar-refractivity contribution >= 4 is 56.1 Å². The Morgan fingerprint density at radius 2 is 1.76 bits per heavy atom. The maximum absolute atomic E-state index is 13.0. The first-order valence-corrected chi connectivity index (χ1v) is 13.6. The lowest BCUT2D eigenvalue weighted by Crippen LogP contribution is -2.27. The number of benzene rings is 3. The van der Waals surface area contributed by atoms with Crippen LogP contribution in [0.1, 0.15) is 18.1 Å². The zero-order chi connectivity index (χ0) is 26.6. The molecule has 1 aliphatic heterocycles. The van der Waals surface area contributed by atoms with Crippen LogP contribution in [0.3, 0.4) is 0 Å². The molecule has 1 fully saturated rings. The van der Waals surface area contributed by atoms with E-state index in [1.807, 2.05) is 30.3 Å². The van der Waals surface area contributed by atoms with Crippen molar-refractivity contribution in [1.82, 2.24) is 4.90 Å². The standard InChI is InChI=1S/C25H20N2O7S3/c1-2-33-21-14-18(15-22-24(28)26(25(35)36-22)16-17-8-4-3-5-9-17)12-13-20(21)34-37(31,32)23-11-7-6-10-19(23)27(29)30/h3-15H,2,16H2,1H3/b22-15+. The minimum Gasteiger partial charge on any atom is -0.490 e. The second-order valence-corrected chi connectivity index (χ2v) is 10.8. The van der Waals surface area contributed by atoms with Crippen LogP contribution < -0.4 is 8.92 Å². The summed E-state index contributed by atoms with van der Waals surface area (Å²) in [6.45, 7) is 2.26. The van der Waals surface area contributed by atoms with Crippen molar-refractivity contribution in [1.29, 1.82) is 0 Å². The van der Waals surface area contributed by atoms with Crippen molar-refractivity contribution in [2.75, 3.05) is 6.61 Å². The molecule has 1 amide bonds. The Balaban J connectivity index is 1.60. The van der Waals surface area contributed by atoms with E-state index in [1.54, 1.807) is 19.1 Å². The van der Waals surface area contributed by atoms with Crippen LogP contribution in [0.5, 0.6) is 11.5 Å². The summed E-state index contributed by atoms with van der Waals surface area (Å²) in [7, 11) is -4.54. The van der Waals surface area contributed by atoms with Crippen LogP contribution in [-0.4, -0.2) is 35.1 Å². The van der Waals surface area contributed by atoms with Gasteiger partial charge >= 0.3 is 10.1 Å². The summed E-state index contributed by atoms with van der Waals surface area (Å²) < 4.78 is 36.9. The number of nitro groups is 1. The molecule has 0 bridgehead atoms. The van der Waals surface area contributed by atoms with Gasteiger partial charge < -0.3 is 8.92 Å². The Morgan fingerprint density at radius 1 is 1.05 bits per heavy atom. The molecular weight excluding hydrogens is 536 g/mol. The van der Waals surface area contributed by atoms with Gasteiger partial charge in [0.05, 0.1) is 23.0 Å². The van der Waals surface area contributed by atoms with E-state index in [-0.39, 0.29) is 24.0 Å². The Hall–Kier alpha value is -3.74. The minimum absolute atomic E-state index is 0.0955. The van der Waals surface area contributed by atoms with Crippen molar-refractivity contribution in [3.8, 4) is 11.5 Å². The number of para-hydroxylation sites is 1. The van der Waals surface area contributed by atoms with E-state index in [2.05, 4.69) is 0 Å². The third-order valence-corrected chi connectivity index (χ3v) is 7.81. The third-order valence-electron chi connectivity index (χ3n) is 5.15. The Morgan fingerprint density at radius 3 is 2.46 bits per heavy atom. The monoisotopic (exact) mass is 556 g/mol. The number of nitro benzene ring substituents is 1. The Labute approximate surface area is 223 Å². The molecular formula is C25H20N2O7S3. The third kappa shape index (κ3) is 5.98. The van der Waals surface area contributed by atoms with Crippen molar-refractivity contribution in [3.63, 3.8) is 0 Å². The molecule has 3 aromatic carbocycles. The lowest BCUT2D eigenvalue weighted by Gasteiger charge is -2.14. The summed E-state index contributed by atoms with van der Waals surface area (Å²) in [6, 6.07) is 18.8. The van der Waals surface area contributed by atoms with E-state index < -0.39 is 25.6 Å². The van der Waals surface area contributed by atoms with Crippen LogP contribution in [-0.2, 0) is 21.5 Å². The molecule has 37 heavy (non-hydrogen) atoms. The number of hydrogen-bond donors (Lipinski definition) is 0. The first-order chi connectivity index (χ1) is 17.7. The summed E-state index contributed by atoms with van der Waals surface area (Å²) in [5, 5.41) is 11.3. The summed E-state index contributed by atoms with van der Waals surface area (Å²) in [5.41, 5.74) is 0.897. The van der Waals surface area contributed by atoms with Gasteiger partial charge in [0.25, 0.3) is 11.6 Å². The molecule has 0 spiro atoms. The van der Waals surface area contributed by atoms with Crippen molar-refractivity contribution < 1.29 is 27.1 Å². The van der Waals surface area contributed by atoms with Crippen LogP contribution in [0.4, 0.5) is 5.69 Å². The molecule has 0 aromatic heterocycles. The molecule has 0 unspecified atom stereocenters. The molecule has 12 heteroatoms. The first kappa shape index (κ1) is 26.3. The van der Waals surface area contributed by atoms with Gasteiger partial charge in [0.15, 0.2) is 16.4 Å². The summed E-state index contributed by atoms with van der Waals surface area (Å²) >= 11 is 6.57. The van der Waals surface area contributed by atoms with Gasteiger partial charge in [-0.3, -0.25) is 19.8 Å². The van der Waals surface area contributed by atoms with Gasteiger partial charge in [-0.25, -0.2) is 0 Å². The van der Waals surface area contributed by atoms with Gasteiger partial charge in [0.1, 0.15) is 4.32 Å². The normalized spacial score (nSPS) is 14.7. The molecule has 1 saturated heterocycles. The van der Waals surface area contributed by atoms with Crippen molar-refractivity contribution in [3.05, 3.63) is 98.9 Å². The van der Waals surface area contributed by atoms with Crippen LogP contribution in [0.15, 0.2) is 82.6 Å². The maximum atomic E-state index is 13.0. The fraction of sp³-hybridized carbons (Fsp3) is 0.120. The molecule has 3 aromatic rings. The maximum Gasteiger partial charge on any atom is 0.346 e. The smallest absolute Gasteiger partial charge is 0.346 e. The predicted octanol–water partition coefficient (Wildman–Crippen LogP) is 5.16. The fourth-order valence-electron chi connectivity index (χ4n) is 3.49. The van der Waals surface area contributed by atoms with Gasteiger partial charge in [-0.05, 0) is 42.3 Å². The number of carbonyl (C=O) groups excluding carboxylic acids is 1. The summed E-state index contributed by atoms with van der Waals surface area (Å²) in [6.07, 6.45) is 1.63. The summed E-state index contributed by atoms with van der Waals surface area (Å²) in [5.74, 6) is -0.289. The van der Waals surface area contributed by atoms with Crippen molar-refractivity contribution in [2.24, 2.45) is 0 Å². The molecule has 0 radical (unpaired) electrons. The molecule has 0 saturated carbocycles. The number of hydrogen-bond acceptors (Lipinski definition) is 9. The number of rotatable bonds is 9. The lowest BCUT2D eigenvalue weighted by atomic mass is 10.1. The number of thioether (sulfide) groups is 1. The van der Waals surface area contributed by atoms with E-state index in [4.69, 9.17) is 21.1 Å². The van der Waals surface area contributed by atoms with E-state index in [1.165, 1.54) is 40.9 Å². The molecule has 0 N–H and O–H groups in total. The zero-order valence-corrected chi connectivity index (χ0v) is 21.8. The van der Waals surface area contributed by atoms with Crippen molar-refractivity contribution in [2.45, 2.75) is 18.4 Å². The largest absolute Gasteiger partial charge is 0.490 e. The number of ether oxygens (including phenoxy) is 1. The molecule has 1 aliphatic rings. The van der Waals surface area contributed by atoms with Gasteiger partial charge in [-0.1, -0.05) is 72.5 Å². The first-order valence-electron chi connectivity index (χ1n) is 10.9. The number of nitrogens with zero attached hydrogens (tertiary/aromatic N) is 2. The quantitative estimate of drug-likeness (QED) is 0.116. The summed E-state index contributed by atoms with van der Waals surface area (Å²) in [4.78, 5) is 24.8. The van der Waals surface area contributed by atoms with E-state index in [0.717, 1.165) is 17.7 Å². The van der Waals surface area contributed by atoms with Crippen LogP contribution in [0, 0.1) is 10.1 Å². The molecule has 1 heterocycles. The number of amides is 1. The van der Waals surface area contributed by atoms with E-state index in [9.17, 15) is 23.3 Å². The molecule has 0 aliphatic carbocycles. The highest BCUT2D eigenvalue weighted by atomic mass is 32.2. The van der Waals surface area contributed by atoms with Gasteiger partial charge in [0, 0.05) is 6.07 Å². The van der Waals surface area contributed by atoms with Crippen LogP contribution in [0.2, 0.25) is 0 Å². The predicted molar refractivity (Wildman–Crippen MR) is 144 cm³/mol. The van der Waals surface area contributed by atoms with Gasteiger partial charge in [-0.2, -0.15) is 8.42 Å². The highest BCUT2D eigenvalue weighted by molar-refractivity contribution is 8.26. The number of carbonyl (C=O) groups is 1. The molecule has 0 atom stereocenters. The highest BCUT2D eigenvalue weighted by Crippen LogP contribution is 2.37. The molecule has 9 nitrogen and oxygen atoms in total. The Bertz CT molecular complexity index is 1510. The molecule has 4 rings (SSSR count). The highest BCUT2D eigenvalue weighted by Gasteiger charge is 2.32. The van der Waals surface area contributed by atoms with Crippen LogP contribution >= 0.6 is 24.0 Å².